The first kappa shape index (κ1) is 19.6. The molecule has 1 aromatic heterocycles. The summed E-state index contributed by atoms with van der Waals surface area (Å²) < 4.78 is 11.4. The summed E-state index contributed by atoms with van der Waals surface area (Å²) in [5.41, 5.74) is 3.16. The van der Waals surface area contributed by atoms with Gasteiger partial charge in [0.25, 0.3) is 5.91 Å². The van der Waals surface area contributed by atoms with Crippen molar-refractivity contribution in [3.8, 4) is 0 Å². The van der Waals surface area contributed by atoms with Crippen LogP contribution in [0, 0.1) is 6.92 Å². The largest absolute Gasteiger partial charge is 0.465 e. The molecule has 1 amide bonds. The molecule has 0 aliphatic carbocycles. The molecular weight excluding hydrogens is 362 g/mol. The van der Waals surface area contributed by atoms with E-state index in [-0.39, 0.29) is 12.5 Å². The molecule has 0 radical (unpaired) electrons. The Morgan fingerprint density at radius 3 is 2.61 bits per heavy atom. The third kappa shape index (κ3) is 3.76. The molecule has 0 fully saturated rings. The van der Waals surface area contributed by atoms with Crippen LogP contribution in [0.25, 0.3) is 0 Å². The number of amides is 1. The predicted octanol–water partition coefficient (Wildman–Crippen LogP) is 2.03. The van der Waals surface area contributed by atoms with Crippen molar-refractivity contribution in [2.45, 2.75) is 39.3 Å². The maximum absolute atomic E-state index is 12.7. The summed E-state index contributed by atoms with van der Waals surface area (Å²) in [6.07, 6.45) is 2.74. The van der Waals surface area contributed by atoms with E-state index < -0.39 is 11.9 Å². The minimum Gasteiger partial charge on any atom is -0.465 e. The molecule has 148 valence electrons. The summed E-state index contributed by atoms with van der Waals surface area (Å²) in [7, 11) is 2.62. The molecule has 28 heavy (non-hydrogen) atoms. The maximum atomic E-state index is 12.7. The molecule has 2 aromatic rings. The lowest BCUT2D eigenvalue weighted by Crippen LogP contribution is -2.25. The number of fused-ring (bicyclic) bond motifs is 1. The normalized spacial score (nSPS) is 12.8. The molecule has 1 N–H and O–H groups in total. The monoisotopic (exact) mass is 385 g/mol. The predicted molar refractivity (Wildman–Crippen MR) is 100 cm³/mol. The van der Waals surface area contributed by atoms with Crippen molar-refractivity contribution >= 4 is 17.8 Å². The lowest BCUT2D eigenvalue weighted by atomic mass is 10.0. The van der Waals surface area contributed by atoms with Gasteiger partial charge in [-0.05, 0) is 43.9 Å². The third-order valence-electron chi connectivity index (χ3n) is 4.87. The SMILES string of the molecule is COC(=O)c1ccc(C)c(C(=O)NCc2nn3c(c2C(=O)OC)CCCC3)c1. The van der Waals surface area contributed by atoms with Gasteiger partial charge >= 0.3 is 11.9 Å². The summed E-state index contributed by atoms with van der Waals surface area (Å²) in [5, 5.41) is 7.29. The lowest BCUT2D eigenvalue weighted by Gasteiger charge is -2.13. The van der Waals surface area contributed by atoms with Crippen LogP contribution in [0.2, 0.25) is 0 Å². The van der Waals surface area contributed by atoms with E-state index in [2.05, 4.69) is 10.4 Å². The van der Waals surface area contributed by atoms with Gasteiger partial charge in [0.1, 0.15) is 5.56 Å². The molecule has 8 nitrogen and oxygen atoms in total. The summed E-state index contributed by atoms with van der Waals surface area (Å²) in [4.78, 5) is 36.7. The summed E-state index contributed by atoms with van der Waals surface area (Å²) in [6.45, 7) is 2.61. The number of ether oxygens (including phenoxy) is 2. The number of rotatable bonds is 5. The van der Waals surface area contributed by atoms with Gasteiger partial charge in [-0.2, -0.15) is 5.10 Å². The highest BCUT2D eigenvalue weighted by atomic mass is 16.5. The first-order chi connectivity index (χ1) is 13.5. The van der Waals surface area contributed by atoms with Crippen molar-refractivity contribution in [1.82, 2.24) is 15.1 Å². The molecule has 0 bridgehead atoms. The van der Waals surface area contributed by atoms with Crippen LogP contribution in [0.5, 0.6) is 0 Å². The fourth-order valence-corrected chi connectivity index (χ4v) is 3.38. The minimum absolute atomic E-state index is 0.0885. The average Bonchev–Trinajstić information content (AvgIpc) is 3.09. The van der Waals surface area contributed by atoms with Crippen LogP contribution in [0.1, 0.15) is 60.9 Å². The standard InChI is InChI=1S/C20H23N3O5/c1-12-7-8-13(19(25)27-2)10-14(12)18(24)21-11-15-17(20(26)28-3)16-6-4-5-9-23(16)22-15/h7-8,10H,4-6,9,11H2,1-3H3,(H,21,24). The molecule has 1 aliphatic rings. The number of carbonyl (C=O) groups excluding carboxylic acids is 3. The van der Waals surface area contributed by atoms with Crippen LogP contribution < -0.4 is 5.32 Å². The van der Waals surface area contributed by atoms with Crippen LogP contribution in [-0.4, -0.2) is 41.8 Å². The Morgan fingerprint density at radius 1 is 1.14 bits per heavy atom. The Kier molecular flexibility index (Phi) is 5.77. The van der Waals surface area contributed by atoms with Gasteiger partial charge in [0.2, 0.25) is 0 Å². The fraction of sp³-hybridized carbons (Fsp3) is 0.400. The lowest BCUT2D eigenvalue weighted by molar-refractivity contribution is 0.0589. The van der Waals surface area contributed by atoms with Crippen LogP contribution in [0.3, 0.4) is 0 Å². The van der Waals surface area contributed by atoms with Gasteiger partial charge in [0, 0.05) is 12.1 Å². The molecule has 0 unspecified atom stereocenters. The Hall–Kier alpha value is -3.16. The van der Waals surface area contributed by atoms with E-state index in [0.717, 1.165) is 37.1 Å². The van der Waals surface area contributed by atoms with E-state index in [1.807, 2.05) is 4.68 Å². The molecule has 0 saturated carbocycles. The minimum atomic E-state index is -0.510. The highest BCUT2D eigenvalue weighted by Gasteiger charge is 2.26. The molecule has 0 saturated heterocycles. The van der Waals surface area contributed by atoms with Gasteiger partial charge in [-0.25, -0.2) is 9.59 Å². The Balaban J connectivity index is 1.83. The number of aromatic nitrogens is 2. The van der Waals surface area contributed by atoms with Gasteiger partial charge in [-0.15, -0.1) is 0 Å². The number of hydrogen-bond donors (Lipinski definition) is 1. The third-order valence-corrected chi connectivity index (χ3v) is 4.87. The van der Waals surface area contributed by atoms with Crippen LogP contribution in [0.4, 0.5) is 0 Å². The fourth-order valence-electron chi connectivity index (χ4n) is 3.38. The van der Waals surface area contributed by atoms with Crippen LogP contribution >= 0.6 is 0 Å². The highest BCUT2D eigenvalue weighted by Crippen LogP contribution is 2.23. The molecule has 2 heterocycles. The number of nitrogens with one attached hydrogen (secondary N) is 1. The maximum Gasteiger partial charge on any atom is 0.341 e. The Morgan fingerprint density at radius 2 is 1.89 bits per heavy atom. The Labute approximate surface area is 162 Å². The zero-order chi connectivity index (χ0) is 20.3. The van der Waals surface area contributed by atoms with Gasteiger partial charge in [0.05, 0.1) is 37.7 Å². The van der Waals surface area contributed by atoms with Gasteiger partial charge in [-0.3, -0.25) is 9.48 Å². The number of benzene rings is 1. The second-order valence-electron chi connectivity index (χ2n) is 6.64. The number of esters is 2. The van der Waals surface area contributed by atoms with Crippen molar-refractivity contribution in [2.24, 2.45) is 0 Å². The van der Waals surface area contributed by atoms with Crippen molar-refractivity contribution in [1.29, 1.82) is 0 Å². The molecule has 1 aromatic carbocycles. The summed E-state index contributed by atoms with van der Waals surface area (Å²) in [6, 6.07) is 4.79. The molecule has 8 heteroatoms. The van der Waals surface area contributed by atoms with E-state index in [0.29, 0.717) is 22.4 Å². The second-order valence-corrected chi connectivity index (χ2v) is 6.64. The topological polar surface area (TPSA) is 99.5 Å². The van der Waals surface area contributed by atoms with Crippen molar-refractivity contribution < 1.29 is 23.9 Å². The molecule has 3 rings (SSSR count). The van der Waals surface area contributed by atoms with E-state index in [1.54, 1.807) is 19.1 Å². The Bertz CT molecular complexity index is 932. The number of carbonyl (C=O) groups is 3. The molecule has 0 spiro atoms. The molecule has 1 aliphatic heterocycles. The quantitative estimate of drug-likeness (QED) is 0.791. The zero-order valence-corrected chi connectivity index (χ0v) is 16.2. The van der Waals surface area contributed by atoms with Gasteiger partial charge in [-0.1, -0.05) is 6.07 Å². The van der Waals surface area contributed by atoms with E-state index in [1.165, 1.54) is 20.3 Å². The first-order valence-corrected chi connectivity index (χ1v) is 9.10. The zero-order valence-electron chi connectivity index (χ0n) is 16.2. The van der Waals surface area contributed by atoms with Crippen molar-refractivity contribution in [2.75, 3.05) is 14.2 Å². The smallest absolute Gasteiger partial charge is 0.341 e. The second kappa shape index (κ2) is 8.24. The van der Waals surface area contributed by atoms with Crippen LogP contribution in [-0.2, 0) is 29.0 Å². The number of aryl methyl sites for hydroxylation is 2. The van der Waals surface area contributed by atoms with Gasteiger partial charge < -0.3 is 14.8 Å². The van der Waals surface area contributed by atoms with E-state index in [9.17, 15) is 14.4 Å². The van der Waals surface area contributed by atoms with E-state index >= 15 is 0 Å². The summed E-state index contributed by atoms with van der Waals surface area (Å²) >= 11 is 0. The highest BCUT2D eigenvalue weighted by molar-refractivity contribution is 5.99. The number of nitrogens with zero attached hydrogens (tertiary/aromatic N) is 2. The summed E-state index contributed by atoms with van der Waals surface area (Å²) in [5.74, 6) is -1.31. The van der Waals surface area contributed by atoms with Crippen LogP contribution in [0.15, 0.2) is 18.2 Å². The van der Waals surface area contributed by atoms with Gasteiger partial charge in [0.15, 0.2) is 0 Å². The average molecular weight is 385 g/mol. The first-order valence-electron chi connectivity index (χ1n) is 9.10. The van der Waals surface area contributed by atoms with Crippen molar-refractivity contribution in [3.63, 3.8) is 0 Å². The molecule has 0 atom stereocenters. The number of hydrogen-bond acceptors (Lipinski definition) is 6. The van der Waals surface area contributed by atoms with E-state index in [4.69, 9.17) is 9.47 Å². The number of methoxy groups -OCH3 is 2. The molecular formula is C20H23N3O5. The van der Waals surface area contributed by atoms with Crippen molar-refractivity contribution in [3.05, 3.63) is 51.8 Å².